The molecule has 1 N–H and O–H groups in total. The summed E-state index contributed by atoms with van der Waals surface area (Å²) in [5.74, 6) is -2.38. The number of aromatic nitrogens is 3. The van der Waals surface area contributed by atoms with E-state index in [0.717, 1.165) is 0 Å². The maximum atomic E-state index is 12.9. The summed E-state index contributed by atoms with van der Waals surface area (Å²) in [4.78, 5) is 23.7. The first-order valence-electron chi connectivity index (χ1n) is 5.24. The van der Waals surface area contributed by atoms with Gasteiger partial charge in [0.1, 0.15) is 6.04 Å². The molecule has 0 aromatic carbocycles. The van der Waals surface area contributed by atoms with Gasteiger partial charge in [0.25, 0.3) is 0 Å². The lowest BCUT2D eigenvalue weighted by Crippen LogP contribution is -2.28. The van der Waals surface area contributed by atoms with E-state index in [0.29, 0.717) is 4.68 Å². The average molecular weight is 278 g/mol. The molecule has 0 saturated carbocycles. The molecule has 1 aliphatic heterocycles. The predicted octanol–water partition coefficient (Wildman–Crippen LogP) is 0.398. The molecule has 0 aliphatic carbocycles. The van der Waals surface area contributed by atoms with E-state index in [1.807, 2.05) is 0 Å². The molecule has 1 saturated heterocycles. The summed E-state index contributed by atoms with van der Waals surface area (Å²) in [6, 6.07) is -1.16. The summed E-state index contributed by atoms with van der Waals surface area (Å²) in [6.45, 7) is 0.281. The molecule has 7 nitrogen and oxygen atoms in total. The van der Waals surface area contributed by atoms with E-state index in [1.165, 1.54) is 11.9 Å². The largest absolute Gasteiger partial charge is 0.476 e. The van der Waals surface area contributed by atoms with Crippen LogP contribution in [-0.4, -0.2) is 50.5 Å². The van der Waals surface area contributed by atoms with Crippen LogP contribution >= 0.6 is 0 Å². The van der Waals surface area contributed by atoms with Crippen molar-refractivity contribution in [2.75, 3.05) is 13.6 Å². The lowest BCUT2D eigenvalue weighted by atomic mass is 10.2. The summed E-state index contributed by atoms with van der Waals surface area (Å²) < 4.78 is 39.0. The van der Waals surface area contributed by atoms with Crippen molar-refractivity contribution in [2.45, 2.75) is 18.6 Å². The molecule has 1 atom stereocenters. The number of nitrogens with zero attached hydrogens (tertiary/aromatic N) is 4. The number of likely N-dealkylation sites (tertiary alicyclic amines) is 1. The zero-order chi connectivity index (χ0) is 14.4. The second-order valence-electron chi connectivity index (χ2n) is 4.10. The Labute approximate surface area is 104 Å². The maximum Gasteiger partial charge on any atom is 0.435 e. The van der Waals surface area contributed by atoms with Gasteiger partial charge in [-0.1, -0.05) is 5.21 Å². The fourth-order valence-corrected chi connectivity index (χ4v) is 1.95. The van der Waals surface area contributed by atoms with Crippen LogP contribution in [0, 0.1) is 0 Å². The highest BCUT2D eigenvalue weighted by Crippen LogP contribution is 2.34. The molecule has 1 aromatic rings. The number of hydrogen-bond donors (Lipinski definition) is 1. The molecular formula is C9H9F3N4O3. The van der Waals surface area contributed by atoms with Crippen LogP contribution in [-0.2, 0) is 11.0 Å². The molecule has 2 rings (SSSR count). The molecule has 1 fully saturated rings. The monoisotopic (exact) mass is 278 g/mol. The van der Waals surface area contributed by atoms with Crippen molar-refractivity contribution in [3.05, 3.63) is 11.4 Å². The minimum Gasteiger partial charge on any atom is -0.476 e. The van der Waals surface area contributed by atoms with Gasteiger partial charge < -0.3 is 10.0 Å². The molecule has 1 aromatic heterocycles. The summed E-state index contributed by atoms with van der Waals surface area (Å²) >= 11 is 0. The van der Waals surface area contributed by atoms with Crippen LogP contribution in [0.3, 0.4) is 0 Å². The molecule has 0 radical (unpaired) electrons. The number of carboxylic acids is 1. The number of alkyl halides is 3. The number of aromatic carboxylic acids is 1. The van der Waals surface area contributed by atoms with Crippen LogP contribution in [0.5, 0.6) is 0 Å². The van der Waals surface area contributed by atoms with Crippen molar-refractivity contribution in [1.82, 2.24) is 19.9 Å². The van der Waals surface area contributed by atoms with E-state index in [-0.39, 0.29) is 13.0 Å². The standard InChI is InChI=1S/C9H9F3N4O3/c1-15-3-2-4(7(15)17)16-6(9(10,11)12)5(8(18)19)13-14-16/h4H,2-3H2,1H3,(H,18,19). The predicted molar refractivity (Wildman–Crippen MR) is 53.3 cm³/mol. The van der Waals surface area contributed by atoms with E-state index in [9.17, 15) is 22.8 Å². The van der Waals surface area contributed by atoms with Crippen molar-refractivity contribution in [1.29, 1.82) is 0 Å². The number of likely N-dealkylation sites (N-methyl/N-ethyl adjacent to an activating group) is 1. The first-order valence-corrected chi connectivity index (χ1v) is 5.24. The number of hydrogen-bond acceptors (Lipinski definition) is 4. The zero-order valence-electron chi connectivity index (χ0n) is 9.68. The maximum absolute atomic E-state index is 12.9. The third kappa shape index (κ3) is 2.13. The molecule has 104 valence electrons. The van der Waals surface area contributed by atoms with Crippen molar-refractivity contribution in [3.63, 3.8) is 0 Å². The van der Waals surface area contributed by atoms with Gasteiger partial charge in [-0.3, -0.25) is 4.79 Å². The van der Waals surface area contributed by atoms with Gasteiger partial charge in [-0.2, -0.15) is 13.2 Å². The normalized spacial score (nSPS) is 20.1. The Hall–Kier alpha value is -2.13. The van der Waals surface area contributed by atoms with Crippen LogP contribution in [0.2, 0.25) is 0 Å². The minimum absolute atomic E-state index is 0.126. The smallest absolute Gasteiger partial charge is 0.435 e. The SMILES string of the molecule is CN1CCC(n2nnc(C(=O)O)c2C(F)(F)F)C1=O. The molecule has 1 amide bonds. The van der Waals surface area contributed by atoms with Crippen molar-refractivity contribution >= 4 is 11.9 Å². The summed E-state index contributed by atoms with van der Waals surface area (Å²) in [7, 11) is 1.45. The van der Waals surface area contributed by atoms with Gasteiger partial charge >= 0.3 is 12.1 Å². The van der Waals surface area contributed by atoms with Crippen LogP contribution < -0.4 is 0 Å². The lowest BCUT2D eigenvalue weighted by Gasteiger charge is -2.14. The number of carbonyl (C=O) groups excluding carboxylic acids is 1. The molecule has 0 spiro atoms. The van der Waals surface area contributed by atoms with E-state index in [1.54, 1.807) is 0 Å². The highest BCUT2D eigenvalue weighted by atomic mass is 19.4. The Balaban J connectivity index is 2.53. The first kappa shape index (κ1) is 13.3. The van der Waals surface area contributed by atoms with Crippen molar-refractivity contribution in [3.8, 4) is 0 Å². The Morgan fingerprint density at radius 3 is 2.53 bits per heavy atom. The van der Waals surface area contributed by atoms with Crippen LogP contribution in [0.15, 0.2) is 0 Å². The minimum atomic E-state index is -4.95. The van der Waals surface area contributed by atoms with Gasteiger partial charge in [0, 0.05) is 13.6 Å². The molecule has 10 heteroatoms. The number of rotatable bonds is 2. The van der Waals surface area contributed by atoms with E-state index >= 15 is 0 Å². The van der Waals surface area contributed by atoms with Gasteiger partial charge in [-0.15, -0.1) is 5.10 Å². The van der Waals surface area contributed by atoms with E-state index in [2.05, 4.69) is 10.3 Å². The van der Waals surface area contributed by atoms with Gasteiger partial charge in [0.15, 0.2) is 5.69 Å². The summed E-state index contributed by atoms with van der Waals surface area (Å²) in [6.07, 6.45) is -4.82. The van der Waals surface area contributed by atoms with E-state index < -0.39 is 35.5 Å². The topological polar surface area (TPSA) is 88.3 Å². The zero-order valence-corrected chi connectivity index (χ0v) is 9.68. The fourth-order valence-electron chi connectivity index (χ4n) is 1.95. The molecule has 1 aliphatic rings. The molecule has 2 heterocycles. The molecule has 0 bridgehead atoms. The molecule has 1 unspecified atom stereocenters. The Morgan fingerprint density at radius 1 is 1.47 bits per heavy atom. The van der Waals surface area contributed by atoms with E-state index in [4.69, 9.17) is 5.11 Å². The molecular weight excluding hydrogens is 269 g/mol. The Kier molecular flexibility index (Phi) is 2.95. The Bertz CT molecular complexity index is 539. The second kappa shape index (κ2) is 4.21. The number of carboxylic acid groups (broad SMARTS) is 1. The third-order valence-electron chi connectivity index (χ3n) is 2.86. The number of amides is 1. The molecule has 19 heavy (non-hydrogen) atoms. The highest BCUT2D eigenvalue weighted by molar-refractivity contribution is 5.87. The second-order valence-corrected chi connectivity index (χ2v) is 4.10. The van der Waals surface area contributed by atoms with Crippen LogP contribution in [0.25, 0.3) is 0 Å². The van der Waals surface area contributed by atoms with Crippen molar-refractivity contribution in [2.24, 2.45) is 0 Å². The van der Waals surface area contributed by atoms with Crippen LogP contribution in [0.1, 0.15) is 28.6 Å². The number of carbonyl (C=O) groups is 2. The van der Waals surface area contributed by atoms with Gasteiger partial charge in [0.2, 0.25) is 11.6 Å². The quantitative estimate of drug-likeness (QED) is 0.845. The summed E-state index contributed by atoms with van der Waals surface area (Å²) in [5.41, 5.74) is -2.71. The highest BCUT2D eigenvalue weighted by Gasteiger charge is 2.45. The third-order valence-corrected chi connectivity index (χ3v) is 2.86. The fraction of sp³-hybridized carbons (Fsp3) is 0.556. The van der Waals surface area contributed by atoms with Crippen molar-refractivity contribution < 1.29 is 27.9 Å². The summed E-state index contributed by atoms with van der Waals surface area (Å²) in [5, 5.41) is 14.9. The average Bonchev–Trinajstić information content (AvgIpc) is 2.83. The lowest BCUT2D eigenvalue weighted by molar-refractivity contribution is -0.146. The van der Waals surface area contributed by atoms with Gasteiger partial charge in [-0.05, 0) is 6.42 Å². The van der Waals surface area contributed by atoms with Crippen LogP contribution in [0.4, 0.5) is 13.2 Å². The van der Waals surface area contributed by atoms with Gasteiger partial charge in [-0.25, -0.2) is 9.48 Å². The number of halogens is 3. The van der Waals surface area contributed by atoms with Gasteiger partial charge in [0.05, 0.1) is 0 Å². The Morgan fingerprint density at radius 2 is 2.11 bits per heavy atom. The first-order chi connectivity index (χ1) is 8.73.